The van der Waals surface area contributed by atoms with E-state index in [4.69, 9.17) is 19.3 Å². The molecule has 1 aromatic rings. The Balaban J connectivity index is 2.68. The second kappa shape index (κ2) is 5.13. The van der Waals surface area contributed by atoms with Crippen molar-refractivity contribution in [3.8, 4) is 17.2 Å². The number of aliphatic carboxylic acids is 1. The fraction of sp³-hybridized carbons (Fsp3) is 0.333. The van der Waals surface area contributed by atoms with E-state index in [0.29, 0.717) is 13.0 Å². The van der Waals surface area contributed by atoms with E-state index in [1.54, 1.807) is 0 Å². The highest BCUT2D eigenvalue weighted by Crippen LogP contribution is 2.41. The molecule has 0 saturated carbocycles. The van der Waals surface area contributed by atoms with Crippen LogP contribution in [0.5, 0.6) is 17.2 Å². The fourth-order valence-corrected chi connectivity index (χ4v) is 1.77. The van der Waals surface area contributed by atoms with E-state index >= 15 is 0 Å². The lowest BCUT2D eigenvalue weighted by Crippen LogP contribution is -2.16. The van der Waals surface area contributed by atoms with E-state index in [9.17, 15) is 14.0 Å². The first-order chi connectivity index (χ1) is 9.06. The molecule has 0 amide bonds. The van der Waals surface area contributed by atoms with Crippen LogP contribution >= 0.6 is 0 Å². The average molecular weight is 270 g/mol. The first kappa shape index (κ1) is 13.1. The monoisotopic (exact) mass is 270 g/mol. The minimum Gasteiger partial charge on any atom is -0.493 e. The van der Waals surface area contributed by atoms with Gasteiger partial charge in [0.15, 0.2) is 23.1 Å². The molecule has 1 N–H and O–H groups in total. The van der Waals surface area contributed by atoms with Gasteiger partial charge in [-0.3, -0.25) is 4.79 Å². The molecule has 0 saturated heterocycles. The molecule has 0 aliphatic carbocycles. The van der Waals surface area contributed by atoms with Crippen LogP contribution in [0.25, 0.3) is 0 Å². The van der Waals surface area contributed by atoms with Crippen LogP contribution in [0.3, 0.4) is 0 Å². The Morgan fingerprint density at radius 3 is 2.68 bits per heavy atom. The predicted molar refractivity (Wildman–Crippen MR) is 60.5 cm³/mol. The molecule has 0 bridgehead atoms. The first-order valence-corrected chi connectivity index (χ1v) is 5.50. The van der Waals surface area contributed by atoms with Gasteiger partial charge in [-0.2, -0.15) is 0 Å². The summed E-state index contributed by atoms with van der Waals surface area (Å²) < 4.78 is 29.1. The number of Topliss-reactive ketones (excluding diaryl/α,β-unsaturated/α-hetero) is 1. The van der Waals surface area contributed by atoms with Crippen molar-refractivity contribution in [1.82, 2.24) is 0 Å². The van der Waals surface area contributed by atoms with E-state index in [1.807, 2.05) is 0 Å². The number of carboxylic acids is 1. The van der Waals surface area contributed by atoms with Crippen LogP contribution in [0.1, 0.15) is 16.8 Å². The molecule has 6 nitrogen and oxygen atoms in total. The van der Waals surface area contributed by atoms with Crippen LogP contribution in [0.2, 0.25) is 0 Å². The minimum absolute atomic E-state index is 0.000370. The molecule has 102 valence electrons. The molecular formula is C12H11FO6. The van der Waals surface area contributed by atoms with Crippen molar-refractivity contribution < 1.29 is 33.3 Å². The van der Waals surface area contributed by atoms with Crippen molar-refractivity contribution >= 4 is 11.8 Å². The van der Waals surface area contributed by atoms with Crippen LogP contribution in [-0.4, -0.2) is 37.2 Å². The molecule has 0 aromatic heterocycles. The molecule has 0 atom stereocenters. The molecule has 1 aliphatic rings. The maximum absolute atomic E-state index is 13.8. The van der Waals surface area contributed by atoms with Gasteiger partial charge in [0.05, 0.1) is 20.3 Å². The van der Waals surface area contributed by atoms with E-state index in [-0.39, 0.29) is 18.1 Å². The van der Waals surface area contributed by atoms with Crippen molar-refractivity contribution in [2.45, 2.75) is 6.42 Å². The smallest absolute Gasteiger partial charge is 0.377 e. The number of ketones is 1. The zero-order chi connectivity index (χ0) is 14.0. The molecule has 0 spiro atoms. The fourth-order valence-electron chi connectivity index (χ4n) is 1.77. The van der Waals surface area contributed by atoms with Gasteiger partial charge in [-0.25, -0.2) is 9.18 Å². The number of hydrogen-bond acceptors (Lipinski definition) is 5. The van der Waals surface area contributed by atoms with E-state index < -0.39 is 28.9 Å². The lowest BCUT2D eigenvalue weighted by molar-refractivity contribution is -0.131. The second-order valence-electron chi connectivity index (χ2n) is 3.78. The Morgan fingerprint density at radius 2 is 2.05 bits per heavy atom. The van der Waals surface area contributed by atoms with Crippen LogP contribution in [-0.2, 0) is 4.79 Å². The number of fused-ring (bicyclic) bond motifs is 1. The Hall–Kier alpha value is -2.31. The molecule has 1 heterocycles. The first-order valence-electron chi connectivity index (χ1n) is 5.50. The zero-order valence-electron chi connectivity index (χ0n) is 10.1. The van der Waals surface area contributed by atoms with Gasteiger partial charge in [-0.15, -0.1) is 0 Å². The predicted octanol–water partition coefficient (Wildman–Crippen LogP) is 1.26. The van der Waals surface area contributed by atoms with E-state index in [0.717, 1.165) is 13.2 Å². The van der Waals surface area contributed by atoms with Crippen LogP contribution < -0.4 is 14.2 Å². The van der Waals surface area contributed by atoms with Crippen LogP contribution in [0.15, 0.2) is 6.07 Å². The van der Waals surface area contributed by atoms with Crippen molar-refractivity contribution in [2.24, 2.45) is 0 Å². The number of methoxy groups -OCH3 is 1. The summed E-state index contributed by atoms with van der Waals surface area (Å²) in [6.07, 6.45) is 0.541. The molecule has 1 aliphatic heterocycles. The van der Waals surface area contributed by atoms with Gasteiger partial charge in [-0.05, 0) is 0 Å². The molecule has 0 fully saturated rings. The molecule has 0 radical (unpaired) electrons. The summed E-state index contributed by atoms with van der Waals surface area (Å²) in [5.74, 6) is -4.46. The Kier molecular flexibility index (Phi) is 3.55. The highest BCUT2D eigenvalue weighted by molar-refractivity contribution is 6.41. The van der Waals surface area contributed by atoms with E-state index in [2.05, 4.69) is 0 Å². The third kappa shape index (κ3) is 2.31. The summed E-state index contributed by atoms with van der Waals surface area (Å²) in [6.45, 7) is 0.529. The molecule has 7 heteroatoms. The van der Waals surface area contributed by atoms with Gasteiger partial charge >= 0.3 is 5.97 Å². The normalized spacial score (nSPS) is 13.6. The number of rotatable bonds is 3. The average Bonchev–Trinajstić information content (AvgIpc) is 2.61. The largest absolute Gasteiger partial charge is 0.493 e. The van der Waals surface area contributed by atoms with Crippen molar-refractivity contribution in [3.05, 3.63) is 17.4 Å². The molecule has 1 aromatic carbocycles. The summed E-state index contributed by atoms with van der Waals surface area (Å²) in [4.78, 5) is 22.5. The summed E-state index contributed by atoms with van der Waals surface area (Å²) in [5.41, 5.74) is -0.466. The molecule has 0 unspecified atom stereocenters. The molecule has 19 heavy (non-hydrogen) atoms. The lowest BCUT2D eigenvalue weighted by Gasteiger charge is -2.14. The van der Waals surface area contributed by atoms with Gasteiger partial charge in [0.25, 0.3) is 5.78 Å². The van der Waals surface area contributed by atoms with E-state index in [1.165, 1.54) is 0 Å². The molecule has 2 rings (SSSR count). The Bertz CT molecular complexity index is 540. The maximum atomic E-state index is 13.8. The second-order valence-corrected chi connectivity index (χ2v) is 3.78. The number of carboxylic acid groups (broad SMARTS) is 1. The molecular weight excluding hydrogens is 259 g/mol. The highest BCUT2D eigenvalue weighted by Gasteiger charge is 2.31. The quantitative estimate of drug-likeness (QED) is 0.657. The topological polar surface area (TPSA) is 82.1 Å². The third-order valence-electron chi connectivity index (χ3n) is 2.57. The van der Waals surface area contributed by atoms with Crippen molar-refractivity contribution in [2.75, 3.05) is 20.3 Å². The number of halogens is 1. The Morgan fingerprint density at radius 1 is 1.37 bits per heavy atom. The standard InChI is InChI=1S/C12H11FO6/c1-17-10-6(13)5-7-11(19-4-2-3-18-7)8(10)9(14)12(15)16/h5H,2-4H2,1H3,(H,15,16). The summed E-state index contributed by atoms with van der Waals surface area (Å²) in [5, 5.41) is 8.79. The zero-order valence-corrected chi connectivity index (χ0v) is 10.1. The highest BCUT2D eigenvalue weighted by atomic mass is 19.1. The SMILES string of the molecule is COc1c(F)cc2c(c1C(=O)C(=O)O)OCCCO2. The van der Waals surface area contributed by atoms with Gasteiger partial charge in [0.2, 0.25) is 0 Å². The van der Waals surface area contributed by atoms with Crippen molar-refractivity contribution in [1.29, 1.82) is 0 Å². The number of carbonyl (C=O) groups is 2. The number of benzene rings is 1. The maximum Gasteiger partial charge on any atom is 0.377 e. The van der Waals surface area contributed by atoms with Crippen LogP contribution in [0, 0.1) is 5.82 Å². The van der Waals surface area contributed by atoms with Gasteiger partial charge in [0, 0.05) is 12.5 Å². The summed E-state index contributed by atoms with van der Waals surface area (Å²) >= 11 is 0. The lowest BCUT2D eigenvalue weighted by atomic mass is 10.1. The van der Waals surface area contributed by atoms with Gasteiger partial charge in [0.1, 0.15) is 5.56 Å². The van der Waals surface area contributed by atoms with Crippen molar-refractivity contribution in [3.63, 3.8) is 0 Å². The van der Waals surface area contributed by atoms with Crippen LogP contribution in [0.4, 0.5) is 4.39 Å². The number of ether oxygens (including phenoxy) is 3. The summed E-state index contributed by atoms with van der Waals surface area (Å²) in [6, 6.07) is 1.01. The number of hydrogen-bond donors (Lipinski definition) is 1. The number of carbonyl (C=O) groups excluding carboxylic acids is 1. The van der Waals surface area contributed by atoms with Gasteiger partial charge < -0.3 is 19.3 Å². The van der Waals surface area contributed by atoms with Gasteiger partial charge in [-0.1, -0.05) is 0 Å². The Labute approximate surface area is 107 Å². The third-order valence-corrected chi connectivity index (χ3v) is 2.57. The minimum atomic E-state index is -1.72. The summed E-state index contributed by atoms with van der Waals surface area (Å²) in [7, 11) is 1.14.